The van der Waals surface area contributed by atoms with E-state index in [2.05, 4.69) is 34.8 Å². The first-order chi connectivity index (χ1) is 15.6. The lowest BCUT2D eigenvalue weighted by Crippen LogP contribution is -2.45. The molecule has 32 heavy (non-hydrogen) atoms. The van der Waals surface area contributed by atoms with E-state index in [4.69, 9.17) is 23.2 Å². The van der Waals surface area contributed by atoms with Gasteiger partial charge in [0.05, 0.1) is 10.7 Å². The van der Waals surface area contributed by atoms with Crippen LogP contribution in [-0.4, -0.2) is 33.8 Å². The fourth-order valence-electron chi connectivity index (χ4n) is 4.06. The molecule has 0 bridgehead atoms. The van der Waals surface area contributed by atoms with Gasteiger partial charge in [0.2, 0.25) is 0 Å². The van der Waals surface area contributed by atoms with Crippen LogP contribution in [-0.2, 0) is 12.8 Å². The number of hydrogen-bond acceptors (Lipinski definition) is 3. The molecular formula is C25H28Cl2N4O. The summed E-state index contributed by atoms with van der Waals surface area (Å²) < 4.78 is 1.78. The van der Waals surface area contributed by atoms with Crippen molar-refractivity contribution in [2.75, 3.05) is 13.1 Å². The fraction of sp³-hybridized carbons (Fsp3) is 0.360. The molecule has 0 spiro atoms. The molecule has 0 atom stereocenters. The molecule has 1 aromatic heterocycles. The van der Waals surface area contributed by atoms with Crippen LogP contribution in [0.3, 0.4) is 0 Å². The van der Waals surface area contributed by atoms with Gasteiger partial charge in [0.15, 0.2) is 5.69 Å². The molecule has 1 fully saturated rings. The van der Waals surface area contributed by atoms with Crippen LogP contribution in [0, 0.1) is 0 Å². The first kappa shape index (κ1) is 22.8. The van der Waals surface area contributed by atoms with Gasteiger partial charge in [-0.3, -0.25) is 10.2 Å². The lowest BCUT2D eigenvalue weighted by Gasteiger charge is -2.26. The van der Waals surface area contributed by atoms with E-state index < -0.39 is 0 Å². The average molecular weight is 471 g/mol. The molecule has 5 nitrogen and oxygen atoms in total. The number of piperidine rings is 1. The Hall–Kier alpha value is -2.34. The summed E-state index contributed by atoms with van der Waals surface area (Å²) in [5.41, 5.74) is 6.43. The molecule has 7 heteroatoms. The van der Waals surface area contributed by atoms with Crippen molar-refractivity contribution >= 4 is 29.1 Å². The predicted octanol–water partition coefficient (Wildman–Crippen LogP) is 5.88. The summed E-state index contributed by atoms with van der Waals surface area (Å²) in [6.45, 7) is 1.75. The van der Waals surface area contributed by atoms with E-state index in [1.807, 2.05) is 23.2 Å². The van der Waals surface area contributed by atoms with Crippen LogP contribution in [0.25, 0.3) is 5.69 Å². The Morgan fingerprint density at radius 2 is 1.69 bits per heavy atom. The maximum Gasteiger partial charge on any atom is 0.286 e. The van der Waals surface area contributed by atoms with Crippen molar-refractivity contribution in [3.05, 3.63) is 81.6 Å². The standard InChI is InChI=1S/C25H28Cl2N4O/c26-20-13-14-24(22(27)17-20)31-21(12-6-5-11-19-9-3-1-4-10-19)18-23(28-31)25(32)29-30-15-7-2-8-16-30/h1,3-4,9-10,13-14,17-18H,2,5-8,11-12,15-16H2,(H,29,32). The molecule has 1 saturated heterocycles. The highest BCUT2D eigenvalue weighted by atomic mass is 35.5. The Labute approximate surface area is 199 Å². The van der Waals surface area contributed by atoms with Crippen LogP contribution < -0.4 is 5.43 Å². The minimum Gasteiger partial charge on any atom is -0.283 e. The van der Waals surface area contributed by atoms with E-state index in [1.165, 1.54) is 12.0 Å². The summed E-state index contributed by atoms with van der Waals surface area (Å²) >= 11 is 12.6. The van der Waals surface area contributed by atoms with Crippen molar-refractivity contribution < 1.29 is 4.79 Å². The third-order valence-electron chi connectivity index (χ3n) is 5.76. The molecule has 168 valence electrons. The maximum absolute atomic E-state index is 12.9. The van der Waals surface area contributed by atoms with Crippen molar-refractivity contribution in [2.45, 2.75) is 44.9 Å². The van der Waals surface area contributed by atoms with Crippen LogP contribution in [0.15, 0.2) is 54.6 Å². The van der Waals surface area contributed by atoms with Gasteiger partial charge in [-0.1, -0.05) is 60.0 Å². The van der Waals surface area contributed by atoms with Gasteiger partial charge in [-0.05, 0) is 68.4 Å². The molecule has 0 saturated carbocycles. The number of unbranched alkanes of at least 4 members (excludes halogenated alkanes) is 1. The molecule has 0 unspecified atom stereocenters. The summed E-state index contributed by atoms with van der Waals surface area (Å²) in [5.74, 6) is -0.179. The molecule has 2 aromatic carbocycles. The highest BCUT2D eigenvalue weighted by molar-refractivity contribution is 6.35. The van der Waals surface area contributed by atoms with Crippen LogP contribution in [0.2, 0.25) is 10.0 Å². The zero-order chi connectivity index (χ0) is 22.3. The molecule has 1 N–H and O–H groups in total. The fourth-order valence-corrected chi connectivity index (χ4v) is 4.55. The normalized spacial score (nSPS) is 14.4. The van der Waals surface area contributed by atoms with Crippen molar-refractivity contribution in [2.24, 2.45) is 0 Å². The lowest BCUT2D eigenvalue weighted by molar-refractivity contribution is 0.0744. The summed E-state index contributed by atoms with van der Waals surface area (Å²) in [6.07, 6.45) is 7.28. The highest BCUT2D eigenvalue weighted by Crippen LogP contribution is 2.26. The monoisotopic (exact) mass is 470 g/mol. The molecular weight excluding hydrogens is 443 g/mol. The second-order valence-corrected chi connectivity index (χ2v) is 9.05. The van der Waals surface area contributed by atoms with Crippen molar-refractivity contribution in [3.63, 3.8) is 0 Å². The third kappa shape index (κ3) is 5.91. The first-order valence-corrected chi connectivity index (χ1v) is 12.0. The molecule has 0 aliphatic carbocycles. The number of hydrogen-bond donors (Lipinski definition) is 1. The molecule has 1 aliphatic rings. The number of amides is 1. The smallest absolute Gasteiger partial charge is 0.283 e. The minimum absolute atomic E-state index is 0.179. The zero-order valence-electron chi connectivity index (χ0n) is 18.1. The predicted molar refractivity (Wildman–Crippen MR) is 130 cm³/mol. The SMILES string of the molecule is O=C(NN1CCCCC1)c1cc(CCCCc2ccccc2)n(-c2ccc(Cl)cc2Cl)n1. The summed E-state index contributed by atoms with van der Waals surface area (Å²) in [7, 11) is 0. The molecule has 1 amide bonds. The van der Waals surface area contributed by atoms with Gasteiger partial charge in [0.1, 0.15) is 0 Å². The van der Waals surface area contributed by atoms with Gasteiger partial charge in [-0.2, -0.15) is 5.10 Å². The van der Waals surface area contributed by atoms with Crippen LogP contribution in [0.1, 0.15) is 53.8 Å². The van der Waals surface area contributed by atoms with E-state index in [9.17, 15) is 4.79 Å². The van der Waals surface area contributed by atoms with Gasteiger partial charge < -0.3 is 0 Å². The molecule has 1 aliphatic heterocycles. The minimum atomic E-state index is -0.179. The lowest BCUT2D eigenvalue weighted by atomic mass is 10.1. The third-order valence-corrected chi connectivity index (χ3v) is 6.30. The number of carbonyl (C=O) groups is 1. The van der Waals surface area contributed by atoms with Gasteiger partial charge in [-0.15, -0.1) is 0 Å². The Kier molecular flexibility index (Phi) is 7.85. The summed E-state index contributed by atoms with van der Waals surface area (Å²) in [6, 6.07) is 17.7. The Morgan fingerprint density at radius 3 is 2.44 bits per heavy atom. The molecule has 4 rings (SSSR count). The molecule has 2 heterocycles. The molecule has 3 aromatic rings. The largest absolute Gasteiger partial charge is 0.286 e. The number of aromatic nitrogens is 2. The van der Waals surface area contributed by atoms with Crippen molar-refractivity contribution in [1.29, 1.82) is 0 Å². The number of hydrazine groups is 1. The number of benzene rings is 2. The van der Waals surface area contributed by atoms with Gasteiger partial charge in [0, 0.05) is 23.8 Å². The number of carbonyl (C=O) groups excluding carboxylic acids is 1. The van der Waals surface area contributed by atoms with E-state index in [0.717, 1.165) is 63.0 Å². The van der Waals surface area contributed by atoms with E-state index in [1.54, 1.807) is 16.8 Å². The van der Waals surface area contributed by atoms with E-state index >= 15 is 0 Å². The number of aryl methyl sites for hydroxylation is 2. The Morgan fingerprint density at radius 1 is 0.938 bits per heavy atom. The van der Waals surface area contributed by atoms with Gasteiger partial charge in [-0.25, -0.2) is 9.69 Å². The van der Waals surface area contributed by atoms with Crippen LogP contribution >= 0.6 is 23.2 Å². The second kappa shape index (κ2) is 11.0. The number of nitrogens with one attached hydrogen (secondary N) is 1. The maximum atomic E-state index is 12.9. The van der Waals surface area contributed by atoms with E-state index in [0.29, 0.717) is 15.7 Å². The second-order valence-electron chi connectivity index (χ2n) is 8.21. The topological polar surface area (TPSA) is 50.2 Å². The number of halogens is 2. The van der Waals surface area contributed by atoms with Gasteiger partial charge >= 0.3 is 0 Å². The average Bonchev–Trinajstić information content (AvgIpc) is 3.22. The van der Waals surface area contributed by atoms with E-state index in [-0.39, 0.29) is 5.91 Å². The molecule has 0 radical (unpaired) electrons. The van der Waals surface area contributed by atoms with Crippen molar-refractivity contribution in [1.82, 2.24) is 20.2 Å². The van der Waals surface area contributed by atoms with Crippen LogP contribution in [0.5, 0.6) is 0 Å². The first-order valence-electron chi connectivity index (χ1n) is 11.2. The summed E-state index contributed by atoms with van der Waals surface area (Å²) in [5, 5.41) is 7.69. The summed E-state index contributed by atoms with van der Waals surface area (Å²) in [4.78, 5) is 12.9. The van der Waals surface area contributed by atoms with Crippen molar-refractivity contribution in [3.8, 4) is 5.69 Å². The van der Waals surface area contributed by atoms with Gasteiger partial charge in [0.25, 0.3) is 5.91 Å². The Bertz CT molecular complexity index is 1050. The zero-order valence-corrected chi connectivity index (χ0v) is 19.6. The number of nitrogens with zero attached hydrogens (tertiary/aromatic N) is 3. The quantitative estimate of drug-likeness (QED) is 0.418. The number of rotatable bonds is 8. The Balaban J connectivity index is 1.50. The highest BCUT2D eigenvalue weighted by Gasteiger charge is 2.20. The van der Waals surface area contributed by atoms with Crippen LogP contribution in [0.4, 0.5) is 0 Å².